The summed E-state index contributed by atoms with van der Waals surface area (Å²) in [6, 6.07) is 9.55. The van der Waals surface area contributed by atoms with Crippen molar-refractivity contribution in [3.63, 3.8) is 0 Å². The van der Waals surface area contributed by atoms with Crippen LogP contribution in [0.25, 0.3) is 0 Å². The monoisotopic (exact) mass is 281 g/mol. The number of nitrogens with one attached hydrogen (secondary N) is 1. The first-order valence-corrected chi connectivity index (χ1v) is 5.92. The number of rotatable bonds is 3. The molecule has 0 atom stereocenters. The lowest BCUT2D eigenvalue weighted by atomic mass is 10.1. The van der Waals surface area contributed by atoms with Crippen molar-refractivity contribution in [3.8, 4) is 0 Å². The Bertz CT molecular complexity index is 599. The van der Waals surface area contributed by atoms with Gasteiger partial charge in [0.05, 0.1) is 12.1 Å². The number of amides is 1. The Balaban J connectivity index is 2.03. The van der Waals surface area contributed by atoms with Crippen molar-refractivity contribution in [2.45, 2.75) is 6.42 Å². The zero-order valence-corrected chi connectivity index (χ0v) is 10.5. The number of hydrogen-bond acceptors (Lipinski definition) is 1. The maximum atomic E-state index is 13.5. The van der Waals surface area contributed by atoms with Crippen molar-refractivity contribution < 1.29 is 13.6 Å². The molecule has 0 saturated heterocycles. The van der Waals surface area contributed by atoms with Crippen molar-refractivity contribution in [3.05, 3.63) is 64.7 Å². The number of hydrogen-bond donors (Lipinski definition) is 1. The van der Waals surface area contributed by atoms with Gasteiger partial charge in [0.15, 0.2) is 0 Å². The lowest BCUT2D eigenvalue weighted by molar-refractivity contribution is -0.115. The SMILES string of the molecule is O=C(Cc1ccc(F)cc1)Nc1ccc(Cl)cc1F. The van der Waals surface area contributed by atoms with E-state index < -0.39 is 5.82 Å². The van der Waals surface area contributed by atoms with Gasteiger partial charge < -0.3 is 5.32 Å². The van der Waals surface area contributed by atoms with Crippen LogP contribution in [0, 0.1) is 11.6 Å². The summed E-state index contributed by atoms with van der Waals surface area (Å²) in [5, 5.41) is 2.69. The van der Waals surface area contributed by atoms with Crippen molar-refractivity contribution in [1.82, 2.24) is 0 Å². The van der Waals surface area contributed by atoms with Gasteiger partial charge in [-0.3, -0.25) is 4.79 Å². The van der Waals surface area contributed by atoms with E-state index in [-0.39, 0.29) is 28.9 Å². The third-order valence-electron chi connectivity index (χ3n) is 2.48. The molecule has 98 valence electrons. The standard InChI is InChI=1S/C14H10ClF2NO/c15-10-3-6-13(12(17)8-10)18-14(19)7-9-1-4-11(16)5-2-9/h1-6,8H,7H2,(H,18,19). The molecule has 0 radical (unpaired) electrons. The molecule has 0 unspecified atom stereocenters. The van der Waals surface area contributed by atoms with Crippen LogP contribution >= 0.6 is 11.6 Å². The van der Waals surface area contributed by atoms with Gasteiger partial charge in [-0.2, -0.15) is 0 Å². The predicted molar refractivity (Wildman–Crippen MR) is 70.1 cm³/mol. The maximum absolute atomic E-state index is 13.5. The minimum atomic E-state index is -0.597. The van der Waals surface area contributed by atoms with E-state index in [9.17, 15) is 13.6 Å². The average molecular weight is 282 g/mol. The van der Waals surface area contributed by atoms with Crippen LogP contribution in [0.5, 0.6) is 0 Å². The van der Waals surface area contributed by atoms with Crippen LogP contribution in [-0.2, 0) is 11.2 Å². The molecule has 0 aliphatic heterocycles. The first kappa shape index (κ1) is 13.5. The second kappa shape index (κ2) is 5.80. The molecule has 0 aromatic heterocycles. The number of benzene rings is 2. The Kier molecular flexibility index (Phi) is 4.12. The summed E-state index contributed by atoms with van der Waals surface area (Å²) >= 11 is 5.61. The van der Waals surface area contributed by atoms with Gasteiger partial charge in [0, 0.05) is 5.02 Å². The van der Waals surface area contributed by atoms with Gasteiger partial charge in [0.2, 0.25) is 5.91 Å². The molecule has 2 nitrogen and oxygen atoms in total. The minimum Gasteiger partial charge on any atom is -0.323 e. The normalized spacial score (nSPS) is 10.3. The zero-order chi connectivity index (χ0) is 13.8. The molecule has 19 heavy (non-hydrogen) atoms. The summed E-state index contributed by atoms with van der Waals surface area (Å²) in [5.41, 5.74) is 0.713. The summed E-state index contributed by atoms with van der Waals surface area (Å²) < 4.78 is 26.2. The Morgan fingerprint density at radius 1 is 1.11 bits per heavy atom. The highest BCUT2D eigenvalue weighted by atomic mass is 35.5. The van der Waals surface area contributed by atoms with Crippen LogP contribution in [0.2, 0.25) is 5.02 Å². The van der Waals surface area contributed by atoms with Gasteiger partial charge in [0.1, 0.15) is 11.6 Å². The average Bonchev–Trinajstić information content (AvgIpc) is 2.36. The fourth-order valence-electron chi connectivity index (χ4n) is 1.57. The van der Waals surface area contributed by atoms with Crippen molar-refractivity contribution in [1.29, 1.82) is 0 Å². The molecule has 2 aromatic carbocycles. The second-order valence-corrected chi connectivity index (χ2v) is 4.41. The van der Waals surface area contributed by atoms with Crippen molar-refractivity contribution >= 4 is 23.2 Å². The number of carbonyl (C=O) groups is 1. The van der Waals surface area contributed by atoms with E-state index in [1.807, 2.05) is 0 Å². The molecule has 0 saturated carbocycles. The van der Waals surface area contributed by atoms with Gasteiger partial charge >= 0.3 is 0 Å². The third-order valence-corrected chi connectivity index (χ3v) is 2.72. The van der Waals surface area contributed by atoms with Crippen molar-refractivity contribution in [2.24, 2.45) is 0 Å². The Morgan fingerprint density at radius 3 is 2.42 bits per heavy atom. The molecule has 5 heteroatoms. The van der Waals surface area contributed by atoms with E-state index >= 15 is 0 Å². The van der Waals surface area contributed by atoms with Gasteiger partial charge in [-0.05, 0) is 35.9 Å². The van der Waals surface area contributed by atoms with Gasteiger partial charge in [-0.25, -0.2) is 8.78 Å². The fraction of sp³-hybridized carbons (Fsp3) is 0.0714. The van der Waals surface area contributed by atoms with Crippen LogP contribution in [0.15, 0.2) is 42.5 Å². The predicted octanol–water partition coefficient (Wildman–Crippen LogP) is 3.80. The van der Waals surface area contributed by atoms with E-state index in [1.54, 1.807) is 0 Å². The Morgan fingerprint density at radius 2 is 1.79 bits per heavy atom. The van der Waals surface area contributed by atoms with Gasteiger partial charge in [0.25, 0.3) is 0 Å². The van der Waals surface area contributed by atoms with Crippen LogP contribution in [-0.4, -0.2) is 5.91 Å². The molecule has 1 N–H and O–H groups in total. The highest BCUT2D eigenvalue weighted by Crippen LogP contribution is 2.19. The summed E-state index contributed by atoms with van der Waals surface area (Å²) in [6.07, 6.45) is 0.0440. The first-order valence-electron chi connectivity index (χ1n) is 5.54. The first-order chi connectivity index (χ1) is 9.04. The maximum Gasteiger partial charge on any atom is 0.228 e. The van der Waals surface area contributed by atoms with Crippen LogP contribution in [0.1, 0.15) is 5.56 Å². The molecule has 0 spiro atoms. The molecule has 0 fully saturated rings. The third kappa shape index (κ3) is 3.76. The lowest BCUT2D eigenvalue weighted by Gasteiger charge is -2.06. The van der Waals surface area contributed by atoms with Crippen LogP contribution in [0.4, 0.5) is 14.5 Å². The molecular formula is C14H10ClF2NO. The van der Waals surface area contributed by atoms with Crippen LogP contribution < -0.4 is 5.32 Å². The van der Waals surface area contributed by atoms with Crippen molar-refractivity contribution in [2.75, 3.05) is 5.32 Å². The topological polar surface area (TPSA) is 29.1 Å². The summed E-state index contributed by atoms with van der Waals surface area (Å²) in [5.74, 6) is -1.35. The molecule has 1 amide bonds. The Hall–Kier alpha value is -1.94. The minimum absolute atomic E-state index is 0.0440. The summed E-state index contributed by atoms with van der Waals surface area (Å²) in [6.45, 7) is 0. The molecule has 0 heterocycles. The van der Waals surface area contributed by atoms with E-state index in [4.69, 9.17) is 11.6 Å². The Labute approximate surface area is 114 Å². The molecule has 0 aliphatic rings. The summed E-state index contributed by atoms with van der Waals surface area (Å²) in [4.78, 5) is 11.7. The fourth-order valence-corrected chi connectivity index (χ4v) is 1.73. The van der Waals surface area contributed by atoms with E-state index in [0.29, 0.717) is 5.56 Å². The molecule has 2 aromatic rings. The highest BCUT2D eigenvalue weighted by molar-refractivity contribution is 6.30. The second-order valence-electron chi connectivity index (χ2n) is 3.98. The smallest absolute Gasteiger partial charge is 0.228 e. The molecule has 0 aliphatic carbocycles. The quantitative estimate of drug-likeness (QED) is 0.911. The molecular weight excluding hydrogens is 272 g/mol. The zero-order valence-electron chi connectivity index (χ0n) is 9.79. The van der Waals surface area contributed by atoms with Gasteiger partial charge in [-0.1, -0.05) is 23.7 Å². The lowest BCUT2D eigenvalue weighted by Crippen LogP contribution is -2.15. The number of halogens is 3. The van der Waals surface area contributed by atoms with E-state index in [1.165, 1.54) is 36.4 Å². The van der Waals surface area contributed by atoms with E-state index in [0.717, 1.165) is 6.07 Å². The molecule has 2 rings (SSSR count). The largest absolute Gasteiger partial charge is 0.323 e. The molecule has 0 bridgehead atoms. The highest BCUT2D eigenvalue weighted by Gasteiger charge is 2.08. The van der Waals surface area contributed by atoms with Crippen LogP contribution in [0.3, 0.4) is 0 Å². The summed E-state index contributed by atoms with van der Waals surface area (Å²) in [7, 11) is 0. The van der Waals surface area contributed by atoms with Gasteiger partial charge in [-0.15, -0.1) is 0 Å². The number of carbonyl (C=O) groups excluding carboxylic acids is 1. The van der Waals surface area contributed by atoms with E-state index in [2.05, 4.69) is 5.32 Å². The number of anilines is 1.